The number of benzene rings is 1. The molecule has 19 heavy (non-hydrogen) atoms. The topological polar surface area (TPSA) is 32.3 Å². The first-order valence-electron chi connectivity index (χ1n) is 7.22. The van der Waals surface area contributed by atoms with Crippen molar-refractivity contribution in [3.63, 3.8) is 0 Å². The Labute approximate surface area is 115 Å². The van der Waals surface area contributed by atoms with E-state index in [0.29, 0.717) is 12.0 Å². The molecule has 3 nitrogen and oxygen atoms in total. The van der Waals surface area contributed by atoms with Crippen molar-refractivity contribution in [2.45, 2.75) is 51.9 Å². The van der Waals surface area contributed by atoms with Gasteiger partial charge < -0.3 is 4.90 Å². The van der Waals surface area contributed by atoms with E-state index in [1.807, 2.05) is 0 Å². The zero-order valence-corrected chi connectivity index (χ0v) is 11.9. The molecule has 1 amide bonds. The Hall–Kier alpha value is -1.35. The van der Waals surface area contributed by atoms with Crippen molar-refractivity contribution in [3.8, 4) is 0 Å². The molecule has 0 aromatic heterocycles. The maximum absolute atomic E-state index is 12.6. The van der Waals surface area contributed by atoms with Gasteiger partial charge >= 0.3 is 0 Å². The number of nitrogens with zero attached hydrogens (tertiary/aromatic N) is 1. The summed E-state index contributed by atoms with van der Waals surface area (Å²) < 4.78 is 0. The summed E-state index contributed by atoms with van der Waals surface area (Å²) in [7, 11) is 0. The van der Waals surface area contributed by atoms with Crippen molar-refractivity contribution in [1.29, 1.82) is 0 Å². The highest BCUT2D eigenvalue weighted by Gasteiger charge is 2.47. The van der Waals surface area contributed by atoms with E-state index in [9.17, 15) is 4.79 Å². The number of hydrogen-bond acceptors (Lipinski definition) is 2. The fourth-order valence-corrected chi connectivity index (χ4v) is 2.93. The van der Waals surface area contributed by atoms with Gasteiger partial charge in [-0.1, -0.05) is 43.7 Å². The molecule has 1 N–H and O–H groups in total. The van der Waals surface area contributed by atoms with Gasteiger partial charge in [-0.3, -0.25) is 10.1 Å². The summed E-state index contributed by atoms with van der Waals surface area (Å²) in [5.74, 6) is 0.618. The van der Waals surface area contributed by atoms with E-state index < -0.39 is 0 Å². The van der Waals surface area contributed by atoms with Crippen molar-refractivity contribution in [1.82, 2.24) is 10.2 Å². The van der Waals surface area contributed by atoms with E-state index in [1.54, 1.807) is 0 Å². The molecule has 2 atom stereocenters. The highest BCUT2D eigenvalue weighted by Crippen LogP contribution is 2.38. The van der Waals surface area contributed by atoms with Crippen LogP contribution in [0.2, 0.25) is 0 Å². The molecule has 1 aromatic rings. The molecular formula is C16H22N2O. The molecule has 1 aromatic carbocycles. The number of rotatable bonds is 3. The van der Waals surface area contributed by atoms with E-state index in [-0.39, 0.29) is 18.1 Å². The molecule has 1 aliphatic carbocycles. The number of carbonyl (C=O) groups excluding carboxylic acids is 1. The molecule has 1 saturated heterocycles. The molecule has 2 fully saturated rings. The monoisotopic (exact) mass is 258 g/mol. The standard InChI is InChI=1S/C16H22N2O/c1-10(2)14-16(19)18(13-7-8-13)15(17-14)12-6-4-5-11(3)9-12/h4-6,9-10,13-15,17H,7-8H2,1-3H3. The van der Waals surface area contributed by atoms with Gasteiger partial charge in [0.25, 0.3) is 0 Å². The lowest BCUT2D eigenvalue weighted by atomic mass is 10.0. The Bertz CT molecular complexity index is 493. The molecule has 1 heterocycles. The molecule has 102 valence electrons. The quantitative estimate of drug-likeness (QED) is 0.904. The predicted octanol–water partition coefficient (Wildman–Crippen LogP) is 2.61. The number of nitrogens with one attached hydrogen (secondary N) is 1. The second-order valence-corrected chi connectivity index (χ2v) is 6.18. The van der Waals surface area contributed by atoms with Crippen LogP contribution in [0.3, 0.4) is 0 Å². The summed E-state index contributed by atoms with van der Waals surface area (Å²) in [5.41, 5.74) is 2.46. The third kappa shape index (κ3) is 2.27. The molecule has 2 unspecified atom stereocenters. The number of carbonyl (C=O) groups is 1. The lowest BCUT2D eigenvalue weighted by molar-refractivity contribution is -0.131. The lowest BCUT2D eigenvalue weighted by Crippen LogP contribution is -2.35. The molecule has 0 spiro atoms. The van der Waals surface area contributed by atoms with Gasteiger partial charge in [-0.05, 0) is 31.2 Å². The Morgan fingerprint density at radius 3 is 2.63 bits per heavy atom. The first-order chi connectivity index (χ1) is 9.08. The van der Waals surface area contributed by atoms with Gasteiger partial charge in [0.05, 0.1) is 6.04 Å². The zero-order chi connectivity index (χ0) is 13.6. The summed E-state index contributed by atoms with van der Waals surface area (Å²) in [6, 6.07) is 8.89. The Morgan fingerprint density at radius 2 is 2.05 bits per heavy atom. The Morgan fingerprint density at radius 1 is 1.32 bits per heavy atom. The largest absolute Gasteiger partial charge is 0.319 e. The second kappa shape index (κ2) is 4.64. The van der Waals surface area contributed by atoms with Crippen LogP contribution in [0.5, 0.6) is 0 Å². The van der Waals surface area contributed by atoms with Crippen LogP contribution in [0, 0.1) is 12.8 Å². The van der Waals surface area contributed by atoms with Crippen molar-refractivity contribution < 1.29 is 4.79 Å². The Kier molecular flexibility index (Phi) is 3.09. The number of aryl methyl sites for hydroxylation is 1. The minimum absolute atomic E-state index is 0.0360. The minimum Gasteiger partial charge on any atom is -0.319 e. The normalized spacial score (nSPS) is 27.4. The summed E-state index contributed by atoms with van der Waals surface area (Å²) in [6.07, 6.45) is 2.37. The van der Waals surface area contributed by atoms with Crippen molar-refractivity contribution in [2.75, 3.05) is 0 Å². The molecule has 1 aliphatic heterocycles. The first kappa shape index (κ1) is 12.7. The highest BCUT2D eigenvalue weighted by atomic mass is 16.2. The van der Waals surface area contributed by atoms with Crippen LogP contribution in [0.1, 0.15) is 44.0 Å². The summed E-state index contributed by atoms with van der Waals surface area (Å²) in [4.78, 5) is 14.6. The van der Waals surface area contributed by atoms with Crippen LogP contribution in [-0.4, -0.2) is 22.9 Å². The van der Waals surface area contributed by atoms with Crippen LogP contribution in [0.4, 0.5) is 0 Å². The van der Waals surface area contributed by atoms with E-state index in [2.05, 4.69) is 55.3 Å². The maximum atomic E-state index is 12.6. The smallest absolute Gasteiger partial charge is 0.241 e. The van der Waals surface area contributed by atoms with E-state index in [4.69, 9.17) is 0 Å². The van der Waals surface area contributed by atoms with Crippen molar-refractivity contribution in [2.24, 2.45) is 5.92 Å². The van der Waals surface area contributed by atoms with Gasteiger partial charge in [0, 0.05) is 6.04 Å². The molecule has 3 rings (SSSR count). The van der Waals surface area contributed by atoms with Crippen LogP contribution >= 0.6 is 0 Å². The summed E-state index contributed by atoms with van der Waals surface area (Å²) in [6.45, 7) is 6.32. The molecule has 1 saturated carbocycles. The average Bonchev–Trinajstić information content (AvgIpc) is 3.12. The molecule has 0 bridgehead atoms. The lowest BCUT2D eigenvalue weighted by Gasteiger charge is -2.24. The van der Waals surface area contributed by atoms with E-state index >= 15 is 0 Å². The third-order valence-corrected chi connectivity index (χ3v) is 4.10. The van der Waals surface area contributed by atoms with Gasteiger partial charge in [-0.2, -0.15) is 0 Å². The van der Waals surface area contributed by atoms with Gasteiger partial charge in [-0.15, -0.1) is 0 Å². The SMILES string of the molecule is Cc1cccc(C2NC(C(C)C)C(=O)N2C2CC2)c1. The van der Waals surface area contributed by atoms with Gasteiger partial charge in [-0.25, -0.2) is 0 Å². The van der Waals surface area contributed by atoms with E-state index in [0.717, 1.165) is 12.8 Å². The second-order valence-electron chi connectivity index (χ2n) is 6.18. The first-order valence-corrected chi connectivity index (χ1v) is 7.22. The Balaban J connectivity index is 1.92. The predicted molar refractivity (Wildman–Crippen MR) is 75.5 cm³/mol. The van der Waals surface area contributed by atoms with E-state index in [1.165, 1.54) is 11.1 Å². The molecule has 2 aliphatic rings. The van der Waals surface area contributed by atoms with Crippen molar-refractivity contribution in [3.05, 3.63) is 35.4 Å². The van der Waals surface area contributed by atoms with Crippen LogP contribution in [0.25, 0.3) is 0 Å². The maximum Gasteiger partial charge on any atom is 0.241 e. The number of amides is 1. The zero-order valence-electron chi connectivity index (χ0n) is 11.9. The average molecular weight is 258 g/mol. The highest BCUT2D eigenvalue weighted by molar-refractivity contribution is 5.85. The minimum atomic E-state index is -0.0360. The molecule has 0 radical (unpaired) electrons. The fourth-order valence-electron chi connectivity index (χ4n) is 2.93. The third-order valence-electron chi connectivity index (χ3n) is 4.10. The summed E-state index contributed by atoms with van der Waals surface area (Å²) in [5, 5.41) is 3.53. The number of hydrogen-bond donors (Lipinski definition) is 1. The summed E-state index contributed by atoms with van der Waals surface area (Å²) >= 11 is 0. The van der Waals surface area contributed by atoms with Crippen molar-refractivity contribution >= 4 is 5.91 Å². The fraction of sp³-hybridized carbons (Fsp3) is 0.562. The van der Waals surface area contributed by atoms with Gasteiger partial charge in [0.2, 0.25) is 5.91 Å². The van der Waals surface area contributed by atoms with Crippen LogP contribution in [-0.2, 0) is 4.79 Å². The molecular weight excluding hydrogens is 236 g/mol. The van der Waals surface area contributed by atoms with Gasteiger partial charge in [0.15, 0.2) is 0 Å². The van der Waals surface area contributed by atoms with Gasteiger partial charge in [0.1, 0.15) is 6.17 Å². The molecule has 3 heteroatoms. The van der Waals surface area contributed by atoms with Crippen LogP contribution in [0.15, 0.2) is 24.3 Å². The van der Waals surface area contributed by atoms with Crippen LogP contribution < -0.4 is 5.32 Å².